The van der Waals surface area contributed by atoms with Gasteiger partial charge in [0.25, 0.3) is 5.91 Å². The van der Waals surface area contributed by atoms with Crippen LogP contribution in [-0.4, -0.2) is 31.1 Å². The van der Waals surface area contributed by atoms with Crippen molar-refractivity contribution in [1.82, 2.24) is 0 Å². The summed E-state index contributed by atoms with van der Waals surface area (Å²) >= 11 is 1.32. The zero-order valence-electron chi connectivity index (χ0n) is 16.0. The second-order valence-electron chi connectivity index (χ2n) is 6.34. The first kappa shape index (κ1) is 20.5. The second kappa shape index (κ2) is 9.84. The Bertz CT molecular complexity index is 976. The molecule has 0 bridgehead atoms. The molecule has 0 saturated heterocycles. The third-order valence-electron chi connectivity index (χ3n) is 4.10. The summed E-state index contributed by atoms with van der Waals surface area (Å²) in [6, 6.07) is 15.7. The molecule has 150 valence electrons. The van der Waals surface area contributed by atoms with Crippen LogP contribution in [0.2, 0.25) is 0 Å². The summed E-state index contributed by atoms with van der Waals surface area (Å²) in [6.45, 7) is 2.01. The minimum Gasteiger partial charge on any atom is -0.462 e. The Balaban J connectivity index is 1.48. The first-order chi connectivity index (χ1) is 14.1. The molecular weight excluding hydrogens is 390 g/mol. The molecule has 0 unspecified atom stereocenters. The number of ether oxygens (including phenoxy) is 2. The van der Waals surface area contributed by atoms with Crippen LogP contribution in [0.5, 0.6) is 0 Å². The molecule has 0 aliphatic carbocycles. The summed E-state index contributed by atoms with van der Waals surface area (Å²) in [7, 11) is 0. The minimum absolute atomic E-state index is 0.388. The van der Waals surface area contributed by atoms with Crippen LogP contribution in [0, 0.1) is 0 Å². The molecule has 3 aromatic rings. The average molecular weight is 411 g/mol. The fourth-order valence-electron chi connectivity index (χ4n) is 2.56. The number of nitrogens with one attached hydrogen (secondary N) is 1. The summed E-state index contributed by atoms with van der Waals surface area (Å²) < 4.78 is 11.2. The largest absolute Gasteiger partial charge is 0.462 e. The Morgan fingerprint density at radius 2 is 1.72 bits per heavy atom. The number of unbranched alkanes of at least 4 members (excludes halogenated alkanes) is 1. The smallest absolute Gasteiger partial charge is 0.348 e. The molecule has 2 aromatic carbocycles. The molecule has 0 saturated carbocycles. The number of fused-ring (bicyclic) bond motifs is 1. The van der Waals surface area contributed by atoms with Crippen LogP contribution in [0.3, 0.4) is 0 Å². The van der Waals surface area contributed by atoms with Crippen molar-refractivity contribution >= 4 is 45.0 Å². The van der Waals surface area contributed by atoms with Gasteiger partial charge in [-0.05, 0) is 48.2 Å². The van der Waals surface area contributed by atoms with Gasteiger partial charge in [0.1, 0.15) is 4.88 Å². The Labute approximate surface area is 172 Å². The molecule has 0 spiro atoms. The maximum atomic E-state index is 12.2. The van der Waals surface area contributed by atoms with E-state index in [-0.39, 0.29) is 0 Å². The maximum Gasteiger partial charge on any atom is 0.348 e. The van der Waals surface area contributed by atoms with E-state index in [1.54, 1.807) is 30.3 Å². The number of hydrogen-bond acceptors (Lipinski definition) is 6. The highest BCUT2D eigenvalue weighted by Crippen LogP contribution is 2.25. The molecule has 0 aliphatic rings. The van der Waals surface area contributed by atoms with E-state index >= 15 is 0 Å². The number of amides is 1. The Morgan fingerprint density at radius 3 is 2.45 bits per heavy atom. The van der Waals surface area contributed by atoms with Crippen molar-refractivity contribution in [3.05, 3.63) is 65.0 Å². The van der Waals surface area contributed by atoms with Crippen LogP contribution in [0.1, 0.15) is 39.8 Å². The lowest BCUT2D eigenvalue weighted by atomic mass is 10.2. The van der Waals surface area contributed by atoms with Gasteiger partial charge in [0.15, 0.2) is 6.61 Å². The normalized spacial score (nSPS) is 10.5. The van der Waals surface area contributed by atoms with Crippen molar-refractivity contribution in [3.63, 3.8) is 0 Å². The highest BCUT2D eigenvalue weighted by Gasteiger charge is 2.14. The molecule has 1 amide bonds. The zero-order chi connectivity index (χ0) is 20.6. The molecule has 7 heteroatoms. The highest BCUT2D eigenvalue weighted by molar-refractivity contribution is 7.20. The van der Waals surface area contributed by atoms with Crippen molar-refractivity contribution in [2.45, 2.75) is 19.8 Å². The van der Waals surface area contributed by atoms with E-state index in [0.717, 1.165) is 22.9 Å². The van der Waals surface area contributed by atoms with Gasteiger partial charge < -0.3 is 14.8 Å². The first-order valence-corrected chi connectivity index (χ1v) is 10.1. The maximum absolute atomic E-state index is 12.2. The SMILES string of the molecule is CCCCOC(=O)c1ccc(NC(=O)COC(=O)c2cc3ccccc3s2)cc1. The van der Waals surface area contributed by atoms with E-state index in [1.807, 2.05) is 31.2 Å². The lowest BCUT2D eigenvalue weighted by Crippen LogP contribution is -2.20. The van der Waals surface area contributed by atoms with Crippen molar-refractivity contribution in [2.75, 3.05) is 18.5 Å². The van der Waals surface area contributed by atoms with Gasteiger partial charge in [0.2, 0.25) is 0 Å². The molecule has 29 heavy (non-hydrogen) atoms. The lowest BCUT2D eigenvalue weighted by molar-refractivity contribution is -0.119. The average Bonchev–Trinajstić information content (AvgIpc) is 3.17. The van der Waals surface area contributed by atoms with Gasteiger partial charge in [-0.25, -0.2) is 9.59 Å². The van der Waals surface area contributed by atoms with Gasteiger partial charge in [-0.3, -0.25) is 4.79 Å². The number of thiophene rings is 1. The predicted octanol–water partition coefficient (Wildman–Crippen LogP) is 4.65. The van der Waals surface area contributed by atoms with Gasteiger partial charge in [0.05, 0.1) is 12.2 Å². The van der Waals surface area contributed by atoms with Crippen LogP contribution in [0.25, 0.3) is 10.1 Å². The van der Waals surface area contributed by atoms with Crippen LogP contribution >= 0.6 is 11.3 Å². The van der Waals surface area contributed by atoms with Crippen LogP contribution in [0.4, 0.5) is 5.69 Å². The summed E-state index contributed by atoms with van der Waals surface area (Å²) in [4.78, 5) is 36.5. The standard InChI is InChI=1S/C22H21NO5S/c1-2-3-12-27-21(25)15-8-10-17(11-9-15)23-20(24)14-28-22(26)19-13-16-6-4-5-7-18(16)29-19/h4-11,13H,2-3,12,14H2,1H3,(H,23,24). The highest BCUT2D eigenvalue weighted by atomic mass is 32.1. The fraction of sp³-hybridized carbons (Fsp3) is 0.227. The van der Waals surface area contributed by atoms with Crippen molar-refractivity contribution < 1.29 is 23.9 Å². The minimum atomic E-state index is -0.536. The van der Waals surface area contributed by atoms with Crippen molar-refractivity contribution in [2.24, 2.45) is 0 Å². The fourth-order valence-corrected chi connectivity index (χ4v) is 3.52. The third kappa shape index (κ3) is 5.65. The van der Waals surface area contributed by atoms with E-state index in [0.29, 0.717) is 22.7 Å². The van der Waals surface area contributed by atoms with Crippen LogP contribution in [0.15, 0.2) is 54.6 Å². The molecule has 0 aliphatic heterocycles. The number of anilines is 1. The zero-order valence-corrected chi connectivity index (χ0v) is 16.8. The first-order valence-electron chi connectivity index (χ1n) is 9.29. The monoisotopic (exact) mass is 411 g/mol. The summed E-state index contributed by atoms with van der Waals surface area (Å²) in [5.74, 6) is -1.39. The molecular formula is C22H21NO5S. The van der Waals surface area contributed by atoms with Gasteiger partial charge in [-0.2, -0.15) is 0 Å². The Kier molecular flexibility index (Phi) is 6.97. The number of rotatable bonds is 8. The van der Waals surface area contributed by atoms with Crippen molar-refractivity contribution in [1.29, 1.82) is 0 Å². The van der Waals surface area contributed by atoms with Gasteiger partial charge in [0, 0.05) is 10.4 Å². The second-order valence-corrected chi connectivity index (χ2v) is 7.42. The van der Waals surface area contributed by atoms with E-state index in [1.165, 1.54) is 11.3 Å². The van der Waals surface area contributed by atoms with E-state index in [4.69, 9.17) is 9.47 Å². The molecule has 1 N–H and O–H groups in total. The predicted molar refractivity (Wildman–Crippen MR) is 112 cm³/mol. The van der Waals surface area contributed by atoms with Gasteiger partial charge >= 0.3 is 11.9 Å². The quantitative estimate of drug-likeness (QED) is 0.431. The number of esters is 2. The Morgan fingerprint density at radius 1 is 0.966 bits per heavy atom. The summed E-state index contributed by atoms with van der Waals surface area (Å²) in [6.07, 6.45) is 1.77. The molecule has 0 radical (unpaired) electrons. The summed E-state index contributed by atoms with van der Waals surface area (Å²) in [5, 5.41) is 3.59. The number of hydrogen-bond donors (Lipinski definition) is 1. The van der Waals surface area contributed by atoms with Gasteiger partial charge in [-0.1, -0.05) is 31.5 Å². The van der Waals surface area contributed by atoms with E-state index in [9.17, 15) is 14.4 Å². The Hall–Kier alpha value is -3.19. The van der Waals surface area contributed by atoms with Crippen LogP contribution in [-0.2, 0) is 14.3 Å². The molecule has 1 heterocycles. The van der Waals surface area contributed by atoms with Gasteiger partial charge in [-0.15, -0.1) is 11.3 Å². The third-order valence-corrected chi connectivity index (χ3v) is 5.19. The number of carbonyl (C=O) groups is 3. The summed E-state index contributed by atoms with van der Waals surface area (Å²) in [5.41, 5.74) is 0.910. The lowest BCUT2D eigenvalue weighted by Gasteiger charge is -2.07. The molecule has 1 aromatic heterocycles. The van der Waals surface area contributed by atoms with E-state index in [2.05, 4.69) is 5.32 Å². The molecule has 3 rings (SSSR count). The topological polar surface area (TPSA) is 81.7 Å². The molecule has 0 atom stereocenters. The molecule has 0 fully saturated rings. The van der Waals surface area contributed by atoms with Crippen molar-refractivity contribution in [3.8, 4) is 0 Å². The number of benzene rings is 2. The van der Waals surface area contributed by atoms with Crippen LogP contribution < -0.4 is 5.32 Å². The number of carbonyl (C=O) groups excluding carboxylic acids is 3. The molecule has 6 nitrogen and oxygen atoms in total. The van der Waals surface area contributed by atoms with E-state index < -0.39 is 24.5 Å².